The summed E-state index contributed by atoms with van der Waals surface area (Å²) in [6.45, 7) is 5.70. The molecule has 3 rings (SSSR count). The van der Waals surface area contributed by atoms with E-state index in [-0.39, 0.29) is 5.60 Å². The van der Waals surface area contributed by atoms with Gasteiger partial charge < -0.3 is 14.6 Å². The Kier molecular flexibility index (Phi) is 4.48. The summed E-state index contributed by atoms with van der Waals surface area (Å²) in [5.74, 6) is 0.817. The van der Waals surface area contributed by atoms with Gasteiger partial charge in [0.15, 0.2) is 0 Å². The van der Waals surface area contributed by atoms with Gasteiger partial charge in [0.25, 0.3) is 0 Å². The lowest BCUT2D eigenvalue weighted by molar-refractivity contribution is -0.155. The number of rotatable bonds is 5. The largest absolute Gasteiger partial charge is 0.491 e. The molecule has 1 saturated heterocycles. The lowest BCUT2D eigenvalue weighted by Gasteiger charge is -2.48. The van der Waals surface area contributed by atoms with Crippen molar-refractivity contribution in [2.24, 2.45) is 0 Å². The number of nitrogens with zero attached hydrogens (tertiary/aromatic N) is 1. The van der Waals surface area contributed by atoms with Crippen LogP contribution in [0.25, 0.3) is 0 Å². The number of morpholine rings is 1. The number of benzene rings is 1. The molecule has 1 aliphatic heterocycles. The quantitative estimate of drug-likeness (QED) is 0.901. The fraction of sp³-hybridized carbons (Fsp3) is 0.647. The normalized spacial score (nSPS) is 22.8. The van der Waals surface area contributed by atoms with Gasteiger partial charge in [0.1, 0.15) is 18.5 Å². The maximum Gasteiger partial charge on any atom is 0.119 e. The molecule has 0 aromatic heterocycles. The topological polar surface area (TPSA) is 41.9 Å². The average molecular weight is 291 g/mol. The Morgan fingerprint density at radius 1 is 1.33 bits per heavy atom. The van der Waals surface area contributed by atoms with Crippen molar-refractivity contribution in [1.82, 2.24) is 4.90 Å². The molecule has 1 N–H and O–H groups in total. The number of ether oxygens (including phenoxy) is 2. The maximum absolute atomic E-state index is 10.2. The van der Waals surface area contributed by atoms with E-state index in [0.717, 1.165) is 25.4 Å². The monoisotopic (exact) mass is 291 g/mol. The maximum atomic E-state index is 10.2. The van der Waals surface area contributed by atoms with Crippen LogP contribution in [-0.2, 0) is 4.74 Å². The van der Waals surface area contributed by atoms with Crippen molar-refractivity contribution in [3.8, 4) is 5.75 Å². The highest BCUT2D eigenvalue weighted by molar-refractivity contribution is 5.26. The van der Waals surface area contributed by atoms with Crippen molar-refractivity contribution in [2.45, 2.75) is 37.9 Å². The predicted octanol–water partition coefficient (Wildman–Crippen LogP) is 1.99. The van der Waals surface area contributed by atoms with Gasteiger partial charge in [-0.05, 0) is 38.3 Å². The number of hydrogen-bond acceptors (Lipinski definition) is 4. The van der Waals surface area contributed by atoms with Crippen molar-refractivity contribution in [2.75, 3.05) is 32.8 Å². The van der Waals surface area contributed by atoms with E-state index in [2.05, 4.69) is 4.90 Å². The van der Waals surface area contributed by atoms with Gasteiger partial charge in [-0.1, -0.05) is 17.7 Å². The van der Waals surface area contributed by atoms with Crippen LogP contribution in [0, 0.1) is 6.92 Å². The molecule has 2 fully saturated rings. The van der Waals surface area contributed by atoms with Crippen LogP contribution in [-0.4, -0.2) is 54.6 Å². The van der Waals surface area contributed by atoms with E-state index in [1.165, 1.54) is 24.8 Å². The van der Waals surface area contributed by atoms with Crippen molar-refractivity contribution in [3.63, 3.8) is 0 Å². The molecule has 1 aromatic rings. The van der Waals surface area contributed by atoms with Crippen LogP contribution in [0.5, 0.6) is 5.75 Å². The number of aryl methyl sites for hydroxylation is 1. The number of aliphatic hydroxyl groups excluding tert-OH is 1. The highest BCUT2D eigenvalue weighted by atomic mass is 16.5. The lowest BCUT2D eigenvalue weighted by Crippen LogP contribution is -2.57. The Labute approximate surface area is 126 Å². The molecule has 1 spiro atoms. The van der Waals surface area contributed by atoms with Crippen LogP contribution in [0.1, 0.15) is 24.8 Å². The SMILES string of the molecule is Cc1ccc(OCC(O)CN2CCOC3(CCC3)C2)cc1. The van der Waals surface area contributed by atoms with E-state index in [4.69, 9.17) is 9.47 Å². The van der Waals surface area contributed by atoms with Gasteiger partial charge in [-0.25, -0.2) is 0 Å². The summed E-state index contributed by atoms with van der Waals surface area (Å²) >= 11 is 0. The molecule has 2 aliphatic rings. The van der Waals surface area contributed by atoms with Gasteiger partial charge in [0.05, 0.1) is 12.2 Å². The Morgan fingerprint density at radius 3 is 2.76 bits per heavy atom. The summed E-state index contributed by atoms with van der Waals surface area (Å²) in [5, 5.41) is 10.2. The zero-order valence-electron chi connectivity index (χ0n) is 12.8. The minimum atomic E-state index is -0.457. The molecule has 1 unspecified atom stereocenters. The fourth-order valence-electron chi connectivity index (χ4n) is 3.13. The van der Waals surface area contributed by atoms with Crippen LogP contribution < -0.4 is 4.74 Å². The fourth-order valence-corrected chi connectivity index (χ4v) is 3.13. The standard InChI is InChI=1S/C17H25NO3/c1-14-3-5-16(6-4-14)20-12-15(19)11-18-9-10-21-17(13-18)7-2-8-17/h3-6,15,19H,2,7-13H2,1H3. The smallest absolute Gasteiger partial charge is 0.119 e. The molecule has 1 heterocycles. The van der Waals surface area contributed by atoms with Crippen molar-refractivity contribution < 1.29 is 14.6 Å². The Bertz CT molecular complexity index is 456. The summed E-state index contributed by atoms with van der Waals surface area (Å²) < 4.78 is 11.5. The first-order chi connectivity index (χ1) is 10.2. The summed E-state index contributed by atoms with van der Waals surface area (Å²) in [7, 11) is 0. The number of hydrogen-bond donors (Lipinski definition) is 1. The van der Waals surface area contributed by atoms with Crippen LogP contribution in [0.3, 0.4) is 0 Å². The van der Waals surface area contributed by atoms with Gasteiger partial charge in [-0.2, -0.15) is 0 Å². The third-order valence-electron chi connectivity index (χ3n) is 4.52. The van der Waals surface area contributed by atoms with Gasteiger partial charge in [0, 0.05) is 19.6 Å². The van der Waals surface area contributed by atoms with Crippen LogP contribution in [0.15, 0.2) is 24.3 Å². The highest BCUT2D eigenvalue weighted by Gasteiger charge is 2.42. The van der Waals surface area contributed by atoms with Crippen LogP contribution in [0.4, 0.5) is 0 Å². The van der Waals surface area contributed by atoms with E-state index >= 15 is 0 Å². The van der Waals surface area contributed by atoms with Gasteiger partial charge in [-0.15, -0.1) is 0 Å². The molecule has 116 valence electrons. The summed E-state index contributed by atoms with van der Waals surface area (Å²) in [6, 6.07) is 7.92. The molecule has 1 atom stereocenters. The summed E-state index contributed by atoms with van der Waals surface area (Å²) in [6.07, 6.45) is 3.15. The van der Waals surface area contributed by atoms with Gasteiger partial charge >= 0.3 is 0 Å². The minimum absolute atomic E-state index is 0.0930. The van der Waals surface area contributed by atoms with E-state index < -0.39 is 6.10 Å². The van der Waals surface area contributed by atoms with Crippen molar-refractivity contribution in [1.29, 1.82) is 0 Å². The van der Waals surface area contributed by atoms with Gasteiger partial charge in [0.2, 0.25) is 0 Å². The third-order valence-corrected chi connectivity index (χ3v) is 4.52. The van der Waals surface area contributed by atoms with Crippen LogP contribution >= 0.6 is 0 Å². The zero-order valence-corrected chi connectivity index (χ0v) is 12.8. The molecule has 0 amide bonds. The minimum Gasteiger partial charge on any atom is -0.491 e. The average Bonchev–Trinajstić information content (AvgIpc) is 2.45. The molecular weight excluding hydrogens is 266 g/mol. The molecule has 4 nitrogen and oxygen atoms in total. The first-order valence-corrected chi connectivity index (χ1v) is 7.89. The number of β-amino-alcohol motifs (C(OH)–C–C–N with tert-alkyl or cyclic N) is 1. The Morgan fingerprint density at radius 2 is 2.10 bits per heavy atom. The summed E-state index contributed by atoms with van der Waals surface area (Å²) in [5.41, 5.74) is 1.30. The second-order valence-electron chi connectivity index (χ2n) is 6.40. The molecule has 0 bridgehead atoms. The first kappa shape index (κ1) is 14.8. The number of aliphatic hydroxyl groups is 1. The van der Waals surface area contributed by atoms with E-state index in [9.17, 15) is 5.11 Å². The second-order valence-corrected chi connectivity index (χ2v) is 6.40. The van der Waals surface area contributed by atoms with E-state index in [1.807, 2.05) is 31.2 Å². The van der Waals surface area contributed by atoms with Crippen molar-refractivity contribution >= 4 is 0 Å². The molecule has 21 heavy (non-hydrogen) atoms. The second kappa shape index (κ2) is 6.34. The lowest BCUT2D eigenvalue weighted by atomic mass is 9.79. The Balaban J connectivity index is 1.43. The van der Waals surface area contributed by atoms with Crippen molar-refractivity contribution in [3.05, 3.63) is 29.8 Å². The molecule has 4 heteroatoms. The van der Waals surface area contributed by atoms with E-state index in [1.54, 1.807) is 0 Å². The molecule has 1 aliphatic carbocycles. The Hall–Kier alpha value is -1.10. The molecule has 1 saturated carbocycles. The highest BCUT2D eigenvalue weighted by Crippen LogP contribution is 2.38. The molecular formula is C17H25NO3. The predicted molar refractivity (Wildman–Crippen MR) is 81.7 cm³/mol. The third kappa shape index (κ3) is 3.76. The van der Waals surface area contributed by atoms with Crippen LogP contribution in [0.2, 0.25) is 0 Å². The van der Waals surface area contributed by atoms with Gasteiger partial charge in [-0.3, -0.25) is 4.90 Å². The first-order valence-electron chi connectivity index (χ1n) is 7.89. The molecule has 0 radical (unpaired) electrons. The summed E-state index contributed by atoms with van der Waals surface area (Å²) in [4.78, 5) is 2.31. The van der Waals surface area contributed by atoms with E-state index in [0.29, 0.717) is 13.2 Å². The molecule has 1 aromatic carbocycles. The zero-order chi connectivity index (χ0) is 14.7.